The number of hydrogen-bond acceptors (Lipinski definition) is 6. The minimum atomic E-state index is -0.461. The summed E-state index contributed by atoms with van der Waals surface area (Å²) in [5, 5.41) is 1.07. The number of para-hydroxylation sites is 1. The van der Waals surface area contributed by atoms with Gasteiger partial charge in [-0.1, -0.05) is 41.6 Å². The van der Waals surface area contributed by atoms with Gasteiger partial charge in [-0.3, -0.25) is 9.36 Å². The number of rotatable bonds is 5. The molecular formula is C22H18N2O4S. The first-order valence-corrected chi connectivity index (χ1v) is 9.93. The summed E-state index contributed by atoms with van der Waals surface area (Å²) in [4.78, 5) is 29.8. The molecule has 0 amide bonds. The molecule has 0 spiro atoms. The number of ether oxygens (including phenoxy) is 1. The number of aromatic nitrogens is 2. The molecule has 0 aliphatic rings. The maximum atomic E-state index is 13.2. The first kappa shape index (κ1) is 19.0. The molecule has 0 radical (unpaired) electrons. The van der Waals surface area contributed by atoms with Crippen LogP contribution in [-0.4, -0.2) is 22.6 Å². The molecular weight excluding hydrogens is 388 g/mol. The van der Waals surface area contributed by atoms with Crippen molar-refractivity contribution in [3.63, 3.8) is 0 Å². The summed E-state index contributed by atoms with van der Waals surface area (Å²) in [6.07, 6.45) is 1.45. The zero-order valence-electron chi connectivity index (χ0n) is 15.9. The smallest absolute Gasteiger partial charge is 0.341 e. The van der Waals surface area contributed by atoms with Gasteiger partial charge in [0.1, 0.15) is 11.3 Å². The first-order valence-electron chi connectivity index (χ1n) is 8.95. The van der Waals surface area contributed by atoms with Gasteiger partial charge in [-0.15, -0.1) is 0 Å². The predicted octanol–water partition coefficient (Wildman–Crippen LogP) is 4.37. The molecule has 0 aliphatic carbocycles. The molecule has 6 nitrogen and oxygen atoms in total. The van der Waals surface area contributed by atoms with E-state index in [4.69, 9.17) is 14.1 Å². The molecule has 4 aromatic rings. The summed E-state index contributed by atoms with van der Waals surface area (Å²) < 4.78 is 11.8. The molecule has 0 atom stereocenters. The van der Waals surface area contributed by atoms with Gasteiger partial charge in [-0.05, 0) is 37.3 Å². The molecule has 0 unspecified atom stereocenters. The van der Waals surface area contributed by atoms with Gasteiger partial charge in [-0.25, -0.2) is 9.78 Å². The van der Waals surface area contributed by atoms with E-state index in [-0.39, 0.29) is 5.56 Å². The van der Waals surface area contributed by atoms with Crippen molar-refractivity contribution in [3.8, 4) is 5.69 Å². The van der Waals surface area contributed by atoms with Crippen LogP contribution >= 0.6 is 11.8 Å². The summed E-state index contributed by atoms with van der Waals surface area (Å²) in [5.74, 6) is 0.338. The van der Waals surface area contributed by atoms with Crippen molar-refractivity contribution in [2.75, 3.05) is 7.11 Å². The normalized spacial score (nSPS) is 11.0. The molecule has 2 aromatic heterocycles. The molecule has 0 saturated heterocycles. The highest BCUT2D eigenvalue weighted by Crippen LogP contribution is 2.27. The van der Waals surface area contributed by atoms with Crippen LogP contribution in [-0.2, 0) is 10.5 Å². The van der Waals surface area contributed by atoms with Crippen molar-refractivity contribution in [2.24, 2.45) is 0 Å². The summed E-state index contributed by atoms with van der Waals surface area (Å²) in [6, 6.07) is 16.5. The second kappa shape index (κ2) is 7.97. The summed E-state index contributed by atoms with van der Waals surface area (Å²) in [5.41, 5.74) is 2.67. The number of hydrogen-bond donors (Lipinski definition) is 0. The Morgan fingerprint density at radius 2 is 1.90 bits per heavy atom. The number of benzene rings is 2. The highest BCUT2D eigenvalue weighted by Gasteiger charge is 2.18. The molecule has 0 fully saturated rings. The SMILES string of the molecule is COC(=O)c1ccoc1CSc1nc2ccccc2c(=O)n1-c1ccc(C)cc1. The number of esters is 1. The third-order valence-electron chi connectivity index (χ3n) is 4.52. The van der Waals surface area contributed by atoms with Gasteiger partial charge >= 0.3 is 5.97 Å². The number of carbonyl (C=O) groups excluding carboxylic acids is 1. The van der Waals surface area contributed by atoms with Gasteiger partial charge in [0.2, 0.25) is 0 Å². The number of fused-ring (bicyclic) bond motifs is 1. The van der Waals surface area contributed by atoms with Crippen LogP contribution in [0.4, 0.5) is 0 Å². The van der Waals surface area contributed by atoms with Crippen LogP contribution < -0.4 is 5.56 Å². The Labute approximate surface area is 171 Å². The van der Waals surface area contributed by atoms with Crippen molar-refractivity contribution in [2.45, 2.75) is 17.8 Å². The monoisotopic (exact) mass is 406 g/mol. The van der Waals surface area contributed by atoms with E-state index in [0.717, 1.165) is 11.3 Å². The standard InChI is InChI=1S/C22H18N2O4S/c1-14-7-9-15(10-8-14)24-20(25)16-5-3-4-6-18(16)23-22(24)29-13-19-17(11-12-28-19)21(26)27-2/h3-12H,13H2,1-2H3. The molecule has 2 heterocycles. The Balaban J connectivity index is 1.80. The van der Waals surface area contributed by atoms with Crippen molar-refractivity contribution < 1.29 is 13.9 Å². The van der Waals surface area contributed by atoms with Crippen LogP contribution in [0, 0.1) is 6.92 Å². The Morgan fingerprint density at radius 3 is 2.66 bits per heavy atom. The lowest BCUT2D eigenvalue weighted by atomic mass is 10.2. The molecule has 146 valence electrons. The molecule has 4 rings (SSSR count). The van der Waals surface area contributed by atoms with Gasteiger partial charge in [0.25, 0.3) is 5.56 Å². The number of furan rings is 1. The first-order chi connectivity index (χ1) is 14.1. The number of nitrogens with zero attached hydrogens (tertiary/aromatic N) is 2. The van der Waals surface area contributed by atoms with E-state index in [0.29, 0.717) is 33.1 Å². The Bertz CT molecular complexity index is 1240. The van der Waals surface area contributed by atoms with Gasteiger partial charge in [0, 0.05) is 0 Å². The van der Waals surface area contributed by atoms with Crippen LogP contribution in [0.1, 0.15) is 21.7 Å². The lowest BCUT2D eigenvalue weighted by molar-refractivity contribution is 0.0598. The van der Waals surface area contributed by atoms with Crippen LogP contribution in [0.3, 0.4) is 0 Å². The Hall–Kier alpha value is -3.32. The van der Waals surface area contributed by atoms with Crippen molar-refractivity contribution in [1.82, 2.24) is 9.55 Å². The van der Waals surface area contributed by atoms with E-state index in [1.807, 2.05) is 49.4 Å². The van der Waals surface area contributed by atoms with Crippen LogP contribution in [0.15, 0.2) is 75.2 Å². The number of aryl methyl sites for hydroxylation is 1. The number of carbonyl (C=O) groups is 1. The average molecular weight is 406 g/mol. The van der Waals surface area contributed by atoms with Crippen molar-refractivity contribution in [1.29, 1.82) is 0 Å². The van der Waals surface area contributed by atoms with Crippen LogP contribution in [0.5, 0.6) is 0 Å². The lowest BCUT2D eigenvalue weighted by Crippen LogP contribution is -2.21. The lowest BCUT2D eigenvalue weighted by Gasteiger charge is -2.13. The van der Waals surface area contributed by atoms with Crippen LogP contribution in [0.2, 0.25) is 0 Å². The van der Waals surface area contributed by atoms with E-state index in [1.165, 1.54) is 25.1 Å². The molecule has 29 heavy (non-hydrogen) atoms. The largest absolute Gasteiger partial charge is 0.468 e. The fourth-order valence-electron chi connectivity index (χ4n) is 3.01. The van der Waals surface area contributed by atoms with Gasteiger partial charge < -0.3 is 9.15 Å². The van der Waals surface area contributed by atoms with Crippen molar-refractivity contribution in [3.05, 3.63) is 88.1 Å². The maximum absolute atomic E-state index is 13.2. The van der Waals surface area contributed by atoms with Gasteiger partial charge in [0.05, 0.1) is 35.7 Å². The fourth-order valence-corrected chi connectivity index (χ4v) is 3.97. The summed E-state index contributed by atoms with van der Waals surface area (Å²) in [7, 11) is 1.33. The topological polar surface area (TPSA) is 74.3 Å². The highest BCUT2D eigenvalue weighted by molar-refractivity contribution is 7.98. The molecule has 0 N–H and O–H groups in total. The molecule has 2 aromatic carbocycles. The number of methoxy groups -OCH3 is 1. The Kier molecular flexibility index (Phi) is 5.22. The third kappa shape index (κ3) is 3.69. The summed E-state index contributed by atoms with van der Waals surface area (Å²) >= 11 is 1.33. The maximum Gasteiger partial charge on any atom is 0.341 e. The second-order valence-electron chi connectivity index (χ2n) is 6.43. The minimum absolute atomic E-state index is 0.144. The van der Waals surface area contributed by atoms with E-state index in [2.05, 4.69) is 0 Å². The van der Waals surface area contributed by atoms with Gasteiger partial charge in [0.15, 0.2) is 5.16 Å². The molecule has 7 heteroatoms. The van der Waals surface area contributed by atoms with E-state index >= 15 is 0 Å². The average Bonchev–Trinajstić information content (AvgIpc) is 3.21. The zero-order chi connectivity index (χ0) is 20.4. The van der Waals surface area contributed by atoms with E-state index in [1.54, 1.807) is 16.7 Å². The van der Waals surface area contributed by atoms with Gasteiger partial charge in [-0.2, -0.15) is 0 Å². The Morgan fingerprint density at radius 1 is 1.14 bits per heavy atom. The quantitative estimate of drug-likeness (QED) is 0.278. The second-order valence-corrected chi connectivity index (χ2v) is 7.37. The number of thioether (sulfide) groups is 1. The predicted molar refractivity (Wildman–Crippen MR) is 112 cm³/mol. The van der Waals surface area contributed by atoms with Crippen molar-refractivity contribution >= 4 is 28.6 Å². The van der Waals surface area contributed by atoms with Crippen LogP contribution in [0.25, 0.3) is 16.6 Å². The molecule has 0 saturated carbocycles. The fraction of sp³-hybridized carbons (Fsp3) is 0.136. The minimum Gasteiger partial charge on any atom is -0.468 e. The molecule has 0 aliphatic heterocycles. The van der Waals surface area contributed by atoms with E-state index < -0.39 is 5.97 Å². The zero-order valence-corrected chi connectivity index (χ0v) is 16.7. The molecule has 0 bridgehead atoms. The third-order valence-corrected chi connectivity index (χ3v) is 5.46. The summed E-state index contributed by atoms with van der Waals surface area (Å²) in [6.45, 7) is 1.99. The highest BCUT2D eigenvalue weighted by atomic mass is 32.2. The van der Waals surface area contributed by atoms with E-state index in [9.17, 15) is 9.59 Å².